The number of thioether (sulfide) groups is 1. The van der Waals surface area contributed by atoms with E-state index in [0.29, 0.717) is 22.8 Å². The van der Waals surface area contributed by atoms with E-state index in [0.717, 1.165) is 43.5 Å². The summed E-state index contributed by atoms with van der Waals surface area (Å²) in [5.41, 5.74) is 4.87. The first-order chi connectivity index (χ1) is 25.3. The third-order valence-corrected chi connectivity index (χ3v) is 9.97. The maximum Gasteiger partial charge on any atom is 0.272 e. The number of hydrogen-bond donors (Lipinski definition) is 3. The van der Waals surface area contributed by atoms with Gasteiger partial charge in [0, 0.05) is 66.3 Å². The van der Waals surface area contributed by atoms with Crippen LogP contribution in [0, 0.1) is 0 Å². The number of furan rings is 1. The molecule has 0 aliphatic rings. The van der Waals surface area contributed by atoms with Crippen LogP contribution in [0.2, 0.25) is 0 Å². The second-order valence-electron chi connectivity index (χ2n) is 11.9. The van der Waals surface area contributed by atoms with Gasteiger partial charge in [-0.15, -0.1) is 11.8 Å². The molecule has 3 amide bonds. The Kier molecular flexibility index (Phi) is 10.4. The van der Waals surface area contributed by atoms with Crippen molar-refractivity contribution < 1.29 is 18.8 Å². The van der Waals surface area contributed by atoms with Crippen LogP contribution in [0.5, 0.6) is 0 Å². The van der Waals surface area contributed by atoms with Gasteiger partial charge in [-0.3, -0.25) is 14.4 Å². The Balaban J connectivity index is 1.01. The molecule has 0 unspecified atom stereocenters. The molecular weight excluding hydrogens is 736 g/mol. The molecule has 0 radical (unpaired) electrons. The molecule has 5 aromatic carbocycles. The predicted octanol–water partition coefficient (Wildman–Crippen LogP) is 9.98. The van der Waals surface area contributed by atoms with Gasteiger partial charge in [0.05, 0.1) is 5.75 Å². The Bertz CT molecular complexity index is 2430. The second kappa shape index (κ2) is 15.6. The summed E-state index contributed by atoms with van der Waals surface area (Å²) >= 11 is 4.83. The monoisotopic (exact) mass is 768 g/mol. The van der Waals surface area contributed by atoms with Crippen LogP contribution in [0.3, 0.4) is 0 Å². The van der Waals surface area contributed by atoms with Crippen molar-refractivity contribution in [2.45, 2.75) is 18.4 Å². The average Bonchev–Trinajstić information content (AvgIpc) is 3.77. The normalized spacial score (nSPS) is 11.5. The zero-order valence-corrected chi connectivity index (χ0v) is 30.5. The zero-order chi connectivity index (χ0) is 36.0. The number of hydrogen-bond acceptors (Lipinski definition) is 5. The van der Waals surface area contributed by atoms with Gasteiger partial charge in [0.25, 0.3) is 11.8 Å². The first-order valence-electron chi connectivity index (χ1n) is 16.6. The van der Waals surface area contributed by atoms with Crippen molar-refractivity contribution in [1.82, 2.24) is 9.88 Å². The van der Waals surface area contributed by atoms with Gasteiger partial charge in [0.1, 0.15) is 17.2 Å². The third kappa shape index (κ3) is 7.88. The number of nitrogens with one attached hydrogen (secondary N) is 3. The molecule has 0 aliphatic carbocycles. The maximum atomic E-state index is 13.5. The third-order valence-electron chi connectivity index (χ3n) is 8.43. The first kappa shape index (κ1) is 34.6. The van der Waals surface area contributed by atoms with Gasteiger partial charge in [0.15, 0.2) is 0 Å². The number of amides is 3. The number of para-hydroxylation sites is 1. The number of benzene rings is 5. The van der Waals surface area contributed by atoms with Gasteiger partial charge in [-0.2, -0.15) is 0 Å². The quantitative estimate of drug-likeness (QED) is 0.0898. The molecule has 52 heavy (non-hydrogen) atoms. The summed E-state index contributed by atoms with van der Waals surface area (Å²) in [7, 11) is 0. The highest BCUT2D eigenvalue weighted by Crippen LogP contribution is 2.31. The topological polar surface area (TPSA) is 105 Å². The van der Waals surface area contributed by atoms with Crippen LogP contribution in [0.1, 0.15) is 23.0 Å². The van der Waals surface area contributed by atoms with Gasteiger partial charge in [-0.25, -0.2) is 0 Å². The number of aromatic nitrogens is 1. The Morgan fingerprint density at radius 1 is 0.750 bits per heavy atom. The maximum absolute atomic E-state index is 13.5. The van der Waals surface area contributed by atoms with Crippen LogP contribution >= 0.6 is 27.7 Å². The summed E-state index contributed by atoms with van der Waals surface area (Å²) < 4.78 is 9.23. The standard InChI is InChI=1S/C42H33BrN4O4S/c1-2-47-37-11-7-6-10-34(37)35-24-31(18-22-38(35)47)44-40(48)26-52-33-20-16-30(17-21-33)45-42(50)36(46-41(49)28-8-4-3-5-9-28)25-32-19-23-39(51-32)27-12-14-29(43)15-13-27/h3-25H,2,26H2,1H3,(H,44,48)(H,45,50)(H,46,49)/b36-25-. The highest BCUT2D eigenvalue weighted by molar-refractivity contribution is 9.10. The van der Waals surface area contributed by atoms with Gasteiger partial charge < -0.3 is 24.9 Å². The predicted molar refractivity (Wildman–Crippen MR) is 213 cm³/mol. The summed E-state index contributed by atoms with van der Waals surface area (Å²) in [4.78, 5) is 40.4. The van der Waals surface area contributed by atoms with E-state index in [9.17, 15) is 14.4 Å². The number of carbonyl (C=O) groups is 3. The lowest BCUT2D eigenvalue weighted by molar-refractivity contribution is -0.114. The van der Waals surface area contributed by atoms with E-state index in [1.807, 2.05) is 72.8 Å². The minimum absolute atomic E-state index is 0.0122. The van der Waals surface area contributed by atoms with E-state index in [1.54, 1.807) is 42.5 Å². The SMILES string of the molecule is CCn1c2ccccc2c2cc(NC(=O)CSc3ccc(NC(=O)/C(=C/c4ccc(-c5ccc(Br)cc5)o4)NC(=O)c4ccccc4)cc3)ccc21. The molecule has 0 saturated heterocycles. The Hall–Kier alpha value is -5.84. The number of carbonyl (C=O) groups excluding carboxylic acids is 3. The Morgan fingerprint density at radius 3 is 2.23 bits per heavy atom. The van der Waals surface area contributed by atoms with E-state index in [2.05, 4.69) is 61.6 Å². The van der Waals surface area contributed by atoms with Crippen molar-refractivity contribution in [2.75, 3.05) is 16.4 Å². The summed E-state index contributed by atoms with van der Waals surface area (Å²) in [5, 5.41) is 10.9. The fourth-order valence-electron chi connectivity index (χ4n) is 5.94. The first-order valence-corrected chi connectivity index (χ1v) is 18.4. The lowest BCUT2D eigenvalue weighted by Crippen LogP contribution is -2.30. The summed E-state index contributed by atoms with van der Waals surface area (Å²) in [6, 6.07) is 41.4. The number of fused-ring (bicyclic) bond motifs is 3. The molecule has 7 aromatic rings. The van der Waals surface area contributed by atoms with Gasteiger partial charge >= 0.3 is 0 Å². The minimum atomic E-state index is -0.523. The molecule has 8 nitrogen and oxygen atoms in total. The van der Waals surface area contributed by atoms with Crippen molar-refractivity contribution in [2.24, 2.45) is 0 Å². The molecule has 7 rings (SSSR count). The van der Waals surface area contributed by atoms with Crippen LogP contribution in [-0.4, -0.2) is 28.0 Å². The van der Waals surface area contributed by atoms with E-state index >= 15 is 0 Å². The molecular formula is C42H33BrN4O4S. The van der Waals surface area contributed by atoms with Crippen LogP contribution in [0.15, 0.2) is 153 Å². The molecule has 0 spiro atoms. The molecule has 2 heterocycles. The molecule has 0 bridgehead atoms. The lowest BCUT2D eigenvalue weighted by atomic mass is 10.1. The number of rotatable bonds is 11. The van der Waals surface area contributed by atoms with Crippen LogP contribution in [0.4, 0.5) is 11.4 Å². The van der Waals surface area contributed by atoms with Crippen LogP contribution in [0.25, 0.3) is 39.2 Å². The number of halogens is 1. The van der Waals surface area contributed by atoms with Crippen LogP contribution in [-0.2, 0) is 16.1 Å². The van der Waals surface area contributed by atoms with Crippen molar-refractivity contribution in [3.8, 4) is 11.3 Å². The number of nitrogens with zero attached hydrogens (tertiary/aromatic N) is 1. The van der Waals surface area contributed by atoms with Crippen molar-refractivity contribution in [1.29, 1.82) is 0 Å². The van der Waals surface area contributed by atoms with Gasteiger partial charge in [0.2, 0.25) is 5.91 Å². The second-order valence-corrected chi connectivity index (χ2v) is 13.9. The molecule has 0 aliphatic heterocycles. The fraction of sp³-hybridized carbons (Fsp3) is 0.0714. The van der Waals surface area contributed by atoms with Gasteiger partial charge in [-0.05, 0) is 91.9 Å². The Morgan fingerprint density at radius 2 is 1.46 bits per heavy atom. The number of aryl methyl sites for hydroxylation is 1. The fourth-order valence-corrected chi connectivity index (χ4v) is 6.90. The summed E-state index contributed by atoms with van der Waals surface area (Å²) in [6.45, 7) is 2.99. The molecule has 0 fully saturated rings. The van der Waals surface area contributed by atoms with Crippen LogP contribution < -0.4 is 16.0 Å². The van der Waals surface area contributed by atoms with Gasteiger partial charge in [-0.1, -0.05) is 64.5 Å². The van der Waals surface area contributed by atoms with E-state index in [-0.39, 0.29) is 17.4 Å². The van der Waals surface area contributed by atoms with Crippen molar-refractivity contribution >= 4 is 84.7 Å². The molecule has 2 aromatic heterocycles. The molecule has 0 atom stereocenters. The lowest BCUT2D eigenvalue weighted by Gasteiger charge is -2.11. The zero-order valence-electron chi connectivity index (χ0n) is 28.1. The number of anilines is 2. The summed E-state index contributed by atoms with van der Waals surface area (Å²) in [5.74, 6) is 0.157. The molecule has 3 N–H and O–H groups in total. The van der Waals surface area contributed by atoms with Crippen molar-refractivity contribution in [3.05, 3.63) is 155 Å². The van der Waals surface area contributed by atoms with E-state index in [1.165, 1.54) is 23.4 Å². The molecule has 0 saturated carbocycles. The summed E-state index contributed by atoms with van der Waals surface area (Å²) in [6.07, 6.45) is 1.50. The van der Waals surface area contributed by atoms with Crippen molar-refractivity contribution in [3.63, 3.8) is 0 Å². The Labute approximate surface area is 313 Å². The minimum Gasteiger partial charge on any atom is -0.457 e. The highest BCUT2D eigenvalue weighted by Gasteiger charge is 2.17. The molecule has 258 valence electrons. The average molecular weight is 770 g/mol. The van der Waals surface area contributed by atoms with E-state index in [4.69, 9.17) is 4.42 Å². The molecule has 10 heteroatoms. The smallest absolute Gasteiger partial charge is 0.272 e. The largest absolute Gasteiger partial charge is 0.457 e. The van der Waals surface area contributed by atoms with E-state index < -0.39 is 11.8 Å². The highest BCUT2D eigenvalue weighted by atomic mass is 79.9.